The lowest BCUT2D eigenvalue weighted by molar-refractivity contribution is -0.141. The van der Waals surface area contributed by atoms with E-state index in [4.69, 9.17) is 16.9 Å². The molecule has 1 rings (SSSR count). The zero-order chi connectivity index (χ0) is 12.5. The summed E-state index contributed by atoms with van der Waals surface area (Å²) in [7, 11) is 1.18. The normalized spacial score (nSPS) is 11.2. The van der Waals surface area contributed by atoms with E-state index in [1.807, 2.05) is 0 Å². The molecule has 8 heteroatoms. The highest BCUT2D eigenvalue weighted by Gasteiger charge is 2.40. The second kappa shape index (κ2) is 4.14. The largest absolute Gasteiger partial charge is 0.435 e. The summed E-state index contributed by atoms with van der Waals surface area (Å²) >= 11 is 5.52. The number of aromatic nitrogens is 2. The number of Topliss-reactive ketones (excluding diaryl/α,β-unsaturated/α-hetero) is 1. The molecule has 0 spiro atoms. The van der Waals surface area contributed by atoms with Crippen molar-refractivity contribution in [2.24, 2.45) is 7.05 Å². The number of carbonyl (C=O) groups excluding carboxylic acids is 1. The fraction of sp³-hybridized carbons (Fsp3) is 0.375. The first-order chi connectivity index (χ1) is 7.29. The van der Waals surface area contributed by atoms with Crippen molar-refractivity contribution < 1.29 is 18.0 Å². The number of aryl methyl sites for hydroxylation is 1. The van der Waals surface area contributed by atoms with Gasteiger partial charge in [-0.1, -0.05) is 11.6 Å². The Bertz CT molecular complexity index is 472. The van der Waals surface area contributed by atoms with Gasteiger partial charge < -0.3 is 0 Å². The van der Waals surface area contributed by atoms with Crippen LogP contribution in [0.5, 0.6) is 0 Å². The number of nitriles is 1. The Balaban J connectivity index is 3.37. The molecule has 0 aliphatic carbocycles. The van der Waals surface area contributed by atoms with Crippen molar-refractivity contribution >= 4 is 17.4 Å². The van der Waals surface area contributed by atoms with Crippen LogP contribution in [0.3, 0.4) is 0 Å². The van der Waals surface area contributed by atoms with Gasteiger partial charge in [-0.3, -0.25) is 9.48 Å². The van der Waals surface area contributed by atoms with Gasteiger partial charge in [0.2, 0.25) is 0 Å². The van der Waals surface area contributed by atoms with Crippen LogP contribution in [-0.2, 0) is 13.2 Å². The third-order valence-electron chi connectivity index (χ3n) is 1.76. The third kappa shape index (κ3) is 2.17. The number of ketones is 1. The predicted molar refractivity (Wildman–Crippen MR) is 47.8 cm³/mol. The standard InChI is InChI=1S/C8H5ClF3N3O/c1-15-7(9)5(4(16)2-3-13)6(14-15)8(10,11)12/h2H2,1H3. The highest BCUT2D eigenvalue weighted by molar-refractivity contribution is 6.33. The van der Waals surface area contributed by atoms with Gasteiger partial charge in [0.25, 0.3) is 0 Å². The molecular formula is C8H5ClF3N3O. The van der Waals surface area contributed by atoms with Crippen LogP contribution < -0.4 is 0 Å². The first-order valence-electron chi connectivity index (χ1n) is 3.99. The maximum Gasteiger partial charge on any atom is 0.435 e. The van der Waals surface area contributed by atoms with E-state index in [1.165, 1.54) is 13.1 Å². The van der Waals surface area contributed by atoms with Crippen molar-refractivity contribution in [2.75, 3.05) is 0 Å². The van der Waals surface area contributed by atoms with Crippen LogP contribution in [0.25, 0.3) is 0 Å². The third-order valence-corrected chi connectivity index (χ3v) is 2.20. The molecule has 16 heavy (non-hydrogen) atoms. The second-order valence-corrected chi connectivity index (χ2v) is 3.25. The van der Waals surface area contributed by atoms with Gasteiger partial charge in [-0.15, -0.1) is 0 Å². The Kier molecular flexibility index (Phi) is 3.24. The SMILES string of the molecule is Cn1nc(C(F)(F)F)c(C(=O)CC#N)c1Cl. The first kappa shape index (κ1) is 12.5. The van der Waals surface area contributed by atoms with Crippen molar-refractivity contribution in [2.45, 2.75) is 12.6 Å². The number of hydrogen-bond donors (Lipinski definition) is 0. The molecule has 0 aromatic carbocycles. The molecule has 0 N–H and O–H groups in total. The quantitative estimate of drug-likeness (QED) is 0.757. The number of nitrogens with zero attached hydrogens (tertiary/aromatic N) is 3. The summed E-state index contributed by atoms with van der Waals surface area (Å²) in [5, 5.41) is 11.0. The van der Waals surface area contributed by atoms with Crippen molar-refractivity contribution in [3.05, 3.63) is 16.4 Å². The lowest BCUT2D eigenvalue weighted by Gasteiger charge is -2.03. The van der Waals surface area contributed by atoms with Crippen molar-refractivity contribution in [3.8, 4) is 6.07 Å². The van der Waals surface area contributed by atoms with Gasteiger partial charge in [0.15, 0.2) is 11.5 Å². The average Bonchev–Trinajstić information content (AvgIpc) is 2.43. The van der Waals surface area contributed by atoms with Crippen LogP contribution in [0, 0.1) is 11.3 Å². The average molecular weight is 252 g/mol. The molecule has 0 radical (unpaired) electrons. The summed E-state index contributed by atoms with van der Waals surface area (Å²) in [6.45, 7) is 0. The number of hydrogen-bond acceptors (Lipinski definition) is 3. The molecule has 0 amide bonds. The van der Waals surface area contributed by atoms with Gasteiger partial charge in [0.1, 0.15) is 5.15 Å². The van der Waals surface area contributed by atoms with E-state index in [1.54, 1.807) is 0 Å². The number of rotatable bonds is 2. The van der Waals surface area contributed by atoms with Crippen molar-refractivity contribution in [3.63, 3.8) is 0 Å². The van der Waals surface area contributed by atoms with Crippen molar-refractivity contribution in [1.82, 2.24) is 9.78 Å². The molecule has 4 nitrogen and oxygen atoms in total. The van der Waals surface area contributed by atoms with Crippen LogP contribution in [0.2, 0.25) is 5.15 Å². The van der Waals surface area contributed by atoms with E-state index in [0.717, 1.165) is 4.68 Å². The minimum absolute atomic E-state index is 0.424. The smallest absolute Gasteiger partial charge is 0.293 e. The molecule has 0 bridgehead atoms. The summed E-state index contributed by atoms with van der Waals surface area (Å²) in [5.74, 6) is -0.993. The Labute approximate surface area is 93.2 Å². The maximum atomic E-state index is 12.5. The van der Waals surface area contributed by atoms with Crippen LogP contribution >= 0.6 is 11.6 Å². The van der Waals surface area contributed by atoms with Gasteiger partial charge in [0, 0.05) is 7.05 Å². The molecule has 0 unspecified atom stereocenters. The topological polar surface area (TPSA) is 58.7 Å². The van der Waals surface area contributed by atoms with E-state index < -0.39 is 34.8 Å². The van der Waals surface area contributed by atoms with E-state index in [0.29, 0.717) is 0 Å². The predicted octanol–water partition coefficient (Wildman–Crippen LogP) is 2.19. The van der Waals surface area contributed by atoms with E-state index >= 15 is 0 Å². The molecule has 86 valence electrons. The fourth-order valence-corrected chi connectivity index (χ4v) is 1.34. The Morgan fingerprint density at radius 1 is 1.62 bits per heavy atom. The molecule has 0 saturated carbocycles. The number of carbonyl (C=O) groups is 1. The number of alkyl halides is 3. The Hall–Kier alpha value is -1.55. The summed E-state index contributed by atoms with van der Waals surface area (Å²) < 4.78 is 38.2. The van der Waals surface area contributed by atoms with Gasteiger partial charge >= 0.3 is 6.18 Å². The molecule has 0 atom stereocenters. The number of halogens is 4. The Morgan fingerprint density at radius 3 is 2.62 bits per heavy atom. The van der Waals surface area contributed by atoms with Gasteiger partial charge in [-0.25, -0.2) is 0 Å². The summed E-state index contributed by atoms with van der Waals surface area (Å²) in [4.78, 5) is 11.3. The van der Waals surface area contributed by atoms with Crippen LogP contribution in [0.15, 0.2) is 0 Å². The first-order valence-corrected chi connectivity index (χ1v) is 4.36. The van der Waals surface area contributed by atoms with E-state index in [-0.39, 0.29) is 0 Å². The summed E-state index contributed by atoms with van der Waals surface area (Å²) in [6.07, 6.45) is -5.44. The Morgan fingerprint density at radius 2 is 2.19 bits per heavy atom. The molecular weight excluding hydrogens is 247 g/mol. The fourth-order valence-electron chi connectivity index (χ4n) is 1.11. The lowest BCUT2D eigenvalue weighted by Crippen LogP contribution is -2.12. The van der Waals surface area contributed by atoms with Gasteiger partial charge in [-0.05, 0) is 0 Å². The monoisotopic (exact) mass is 251 g/mol. The summed E-state index contributed by atoms with van der Waals surface area (Å²) in [5.41, 5.74) is -2.11. The van der Waals surface area contributed by atoms with Crippen LogP contribution in [-0.4, -0.2) is 15.6 Å². The van der Waals surface area contributed by atoms with E-state index in [9.17, 15) is 18.0 Å². The molecule has 0 aliphatic rings. The van der Waals surface area contributed by atoms with Gasteiger partial charge in [0.05, 0.1) is 18.1 Å². The molecule has 0 saturated heterocycles. The second-order valence-electron chi connectivity index (χ2n) is 2.89. The molecule has 1 aromatic heterocycles. The zero-order valence-electron chi connectivity index (χ0n) is 7.97. The maximum absolute atomic E-state index is 12.5. The molecule has 0 fully saturated rings. The lowest BCUT2D eigenvalue weighted by atomic mass is 10.1. The van der Waals surface area contributed by atoms with Crippen LogP contribution in [0.4, 0.5) is 13.2 Å². The van der Waals surface area contributed by atoms with E-state index in [2.05, 4.69) is 5.10 Å². The highest BCUT2D eigenvalue weighted by atomic mass is 35.5. The van der Waals surface area contributed by atoms with Gasteiger partial charge in [-0.2, -0.15) is 23.5 Å². The van der Waals surface area contributed by atoms with Crippen molar-refractivity contribution in [1.29, 1.82) is 5.26 Å². The van der Waals surface area contributed by atoms with Crippen LogP contribution in [0.1, 0.15) is 22.5 Å². The molecule has 1 heterocycles. The molecule has 0 aliphatic heterocycles. The summed E-state index contributed by atoms with van der Waals surface area (Å²) in [6, 6.07) is 1.47. The molecule has 1 aromatic rings. The zero-order valence-corrected chi connectivity index (χ0v) is 8.72. The minimum Gasteiger partial charge on any atom is -0.293 e. The minimum atomic E-state index is -4.77. The highest BCUT2D eigenvalue weighted by Crippen LogP contribution is 2.34.